The van der Waals surface area contributed by atoms with Crippen molar-refractivity contribution in [3.63, 3.8) is 0 Å². The van der Waals surface area contributed by atoms with Crippen molar-refractivity contribution < 1.29 is 44.3 Å². The first-order valence-electron chi connectivity index (χ1n) is 5.17. The number of Topliss-reactive ketones (excluding diaryl/α,β-unsaturated/α-hetero) is 1. The molecule has 0 bridgehead atoms. The number of carbonyl (C=O) groups is 1. The molecule has 0 amide bonds. The van der Waals surface area contributed by atoms with Crippen LogP contribution in [0.25, 0.3) is 0 Å². The largest absolute Gasteiger partial charge is 0.460 e. The molecule has 1 rings (SSSR count). The van der Waals surface area contributed by atoms with Gasteiger partial charge in [0.25, 0.3) is 0 Å². The first kappa shape index (κ1) is 18.6. The third kappa shape index (κ3) is 2.75. The minimum Gasteiger partial charge on any atom is -0.287 e. The van der Waals surface area contributed by atoms with E-state index in [1.807, 2.05) is 0 Å². The van der Waals surface area contributed by atoms with Gasteiger partial charge in [-0.3, -0.25) is 4.79 Å². The standard InChI is InChI=1S/C11H4ClF9O/c12-6-3-1-5(2-4-6)7(22)8(13,14)9(15,16)10(17,18)11(19,20)21/h1-4H. The summed E-state index contributed by atoms with van der Waals surface area (Å²) in [5, 5.41) is -0.104. The van der Waals surface area contributed by atoms with E-state index in [0.717, 1.165) is 12.1 Å². The summed E-state index contributed by atoms with van der Waals surface area (Å²) in [7, 11) is 0. The molecule has 1 aromatic carbocycles. The summed E-state index contributed by atoms with van der Waals surface area (Å²) in [6.07, 6.45) is -6.97. The Balaban J connectivity index is 3.32. The Hall–Kier alpha value is -1.45. The zero-order chi connectivity index (χ0) is 17.6. The molecule has 1 aromatic rings. The SMILES string of the molecule is O=C(c1ccc(Cl)cc1)C(F)(F)C(F)(F)C(F)(F)C(F)(F)F. The van der Waals surface area contributed by atoms with Crippen LogP contribution in [0, 0.1) is 0 Å². The van der Waals surface area contributed by atoms with Crippen LogP contribution in [0.5, 0.6) is 0 Å². The van der Waals surface area contributed by atoms with Gasteiger partial charge in [-0.1, -0.05) is 11.6 Å². The van der Waals surface area contributed by atoms with Gasteiger partial charge in [0.05, 0.1) is 0 Å². The number of rotatable bonds is 4. The fraction of sp³-hybridized carbons (Fsp3) is 0.364. The second-order valence-electron chi connectivity index (χ2n) is 4.06. The number of alkyl halides is 9. The molecular formula is C11H4ClF9O. The van der Waals surface area contributed by atoms with E-state index in [1.165, 1.54) is 0 Å². The van der Waals surface area contributed by atoms with Gasteiger partial charge in [0.2, 0.25) is 5.78 Å². The van der Waals surface area contributed by atoms with Crippen molar-refractivity contribution in [1.82, 2.24) is 0 Å². The van der Waals surface area contributed by atoms with Crippen molar-refractivity contribution >= 4 is 17.4 Å². The first-order chi connectivity index (χ1) is 9.66. The highest BCUT2D eigenvalue weighted by Crippen LogP contribution is 2.53. The topological polar surface area (TPSA) is 17.1 Å². The van der Waals surface area contributed by atoms with Crippen molar-refractivity contribution in [3.8, 4) is 0 Å². The lowest BCUT2D eigenvalue weighted by molar-refractivity contribution is -0.386. The van der Waals surface area contributed by atoms with E-state index in [9.17, 15) is 44.3 Å². The smallest absolute Gasteiger partial charge is 0.287 e. The molecule has 0 heterocycles. The molecule has 0 atom stereocenters. The molecule has 0 spiro atoms. The Kier molecular flexibility index (Phi) is 4.50. The lowest BCUT2D eigenvalue weighted by Crippen LogP contribution is -2.63. The van der Waals surface area contributed by atoms with Gasteiger partial charge in [0.1, 0.15) is 0 Å². The first-order valence-corrected chi connectivity index (χ1v) is 5.54. The molecule has 0 saturated carbocycles. The third-order valence-corrected chi connectivity index (χ3v) is 2.79. The summed E-state index contributed by atoms with van der Waals surface area (Å²) < 4.78 is 114. The van der Waals surface area contributed by atoms with E-state index in [1.54, 1.807) is 0 Å². The Bertz CT molecular complexity index is 562. The molecule has 0 fully saturated rings. The van der Waals surface area contributed by atoms with E-state index < -0.39 is 35.3 Å². The number of hydrogen-bond donors (Lipinski definition) is 0. The molecule has 0 aromatic heterocycles. The molecule has 124 valence electrons. The lowest BCUT2D eigenvalue weighted by Gasteiger charge is -2.32. The van der Waals surface area contributed by atoms with E-state index in [0.29, 0.717) is 12.1 Å². The average Bonchev–Trinajstić information content (AvgIpc) is 2.37. The van der Waals surface area contributed by atoms with Crippen molar-refractivity contribution in [2.24, 2.45) is 0 Å². The molecule has 0 aliphatic heterocycles. The normalized spacial score (nSPS) is 14.1. The van der Waals surface area contributed by atoms with Crippen LogP contribution in [0.3, 0.4) is 0 Å². The fourth-order valence-electron chi connectivity index (χ4n) is 1.30. The number of carbonyl (C=O) groups excluding carboxylic acids is 1. The van der Waals surface area contributed by atoms with Gasteiger partial charge in [-0.25, -0.2) is 0 Å². The Morgan fingerprint density at radius 2 is 1.18 bits per heavy atom. The van der Waals surface area contributed by atoms with Gasteiger partial charge in [-0.05, 0) is 24.3 Å². The van der Waals surface area contributed by atoms with Crippen LogP contribution in [0.2, 0.25) is 5.02 Å². The molecule has 0 unspecified atom stereocenters. The van der Waals surface area contributed by atoms with Crippen LogP contribution >= 0.6 is 11.6 Å². The monoisotopic (exact) mass is 358 g/mol. The van der Waals surface area contributed by atoms with Crippen LogP contribution < -0.4 is 0 Å². The lowest BCUT2D eigenvalue weighted by atomic mass is 9.96. The van der Waals surface area contributed by atoms with Crippen LogP contribution in [-0.4, -0.2) is 29.7 Å². The van der Waals surface area contributed by atoms with Crippen molar-refractivity contribution in [3.05, 3.63) is 34.9 Å². The minimum absolute atomic E-state index is 0.104. The zero-order valence-electron chi connectivity index (χ0n) is 10.00. The highest BCUT2D eigenvalue weighted by atomic mass is 35.5. The van der Waals surface area contributed by atoms with Crippen molar-refractivity contribution in [1.29, 1.82) is 0 Å². The quantitative estimate of drug-likeness (QED) is 0.547. The van der Waals surface area contributed by atoms with E-state index >= 15 is 0 Å². The van der Waals surface area contributed by atoms with Crippen LogP contribution in [-0.2, 0) is 0 Å². The second kappa shape index (κ2) is 5.32. The number of ketones is 1. The number of hydrogen-bond acceptors (Lipinski definition) is 1. The van der Waals surface area contributed by atoms with Gasteiger partial charge in [0.15, 0.2) is 0 Å². The summed E-state index contributed by atoms with van der Waals surface area (Å²) in [5.74, 6) is -23.3. The summed E-state index contributed by atoms with van der Waals surface area (Å²) in [6.45, 7) is 0. The van der Waals surface area contributed by atoms with Crippen LogP contribution in [0.4, 0.5) is 39.5 Å². The van der Waals surface area contributed by atoms with E-state index in [2.05, 4.69) is 0 Å². The molecule has 22 heavy (non-hydrogen) atoms. The molecular weight excluding hydrogens is 355 g/mol. The maximum atomic E-state index is 13.3. The maximum absolute atomic E-state index is 13.3. The Morgan fingerprint density at radius 3 is 1.55 bits per heavy atom. The van der Waals surface area contributed by atoms with Gasteiger partial charge in [-0.2, -0.15) is 39.5 Å². The summed E-state index contributed by atoms with van der Waals surface area (Å²) in [6, 6.07) is 2.57. The Morgan fingerprint density at radius 1 is 0.773 bits per heavy atom. The fourth-order valence-corrected chi connectivity index (χ4v) is 1.43. The third-order valence-electron chi connectivity index (χ3n) is 2.54. The van der Waals surface area contributed by atoms with Gasteiger partial charge >= 0.3 is 23.9 Å². The highest BCUT2D eigenvalue weighted by Gasteiger charge is 2.83. The highest BCUT2D eigenvalue weighted by molar-refractivity contribution is 6.30. The maximum Gasteiger partial charge on any atom is 0.460 e. The predicted octanol–water partition coefficient (Wildman–Crippen LogP) is 4.99. The van der Waals surface area contributed by atoms with Gasteiger partial charge in [0, 0.05) is 10.6 Å². The molecule has 1 nitrogen and oxygen atoms in total. The average molecular weight is 359 g/mol. The molecule has 0 radical (unpaired) electrons. The summed E-state index contributed by atoms with van der Waals surface area (Å²) in [5.41, 5.74) is -1.20. The second-order valence-corrected chi connectivity index (χ2v) is 4.49. The van der Waals surface area contributed by atoms with Crippen LogP contribution in [0.15, 0.2) is 24.3 Å². The Labute approximate surface area is 121 Å². The van der Waals surface area contributed by atoms with Crippen molar-refractivity contribution in [2.75, 3.05) is 0 Å². The number of halogens is 10. The molecule has 0 aliphatic rings. The van der Waals surface area contributed by atoms with E-state index in [4.69, 9.17) is 11.6 Å². The summed E-state index contributed by atoms with van der Waals surface area (Å²) in [4.78, 5) is 11.2. The van der Waals surface area contributed by atoms with Crippen molar-refractivity contribution in [2.45, 2.75) is 23.9 Å². The molecule has 0 aliphatic carbocycles. The van der Waals surface area contributed by atoms with Crippen LogP contribution in [0.1, 0.15) is 10.4 Å². The molecule has 0 saturated heterocycles. The molecule has 0 N–H and O–H groups in total. The predicted molar refractivity (Wildman–Crippen MR) is 56.7 cm³/mol. The number of benzene rings is 1. The van der Waals surface area contributed by atoms with E-state index in [-0.39, 0.29) is 5.02 Å². The summed E-state index contributed by atoms with van der Waals surface area (Å²) >= 11 is 5.34. The van der Waals surface area contributed by atoms with Gasteiger partial charge in [-0.15, -0.1) is 0 Å². The van der Waals surface area contributed by atoms with Gasteiger partial charge < -0.3 is 0 Å². The minimum atomic E-state index is -7.11. The zero-order valence-corrected chi connectivity index (χ0v) is 10.8. The molecule has 11 heteroatoms.